The molecule has 148 heavy (non-hydrogen) atoms. The van der Waals surface area contributed by atoms with Crippen LogP contribution in [0.5, 0.6) is 0 Å². The first kappa shape index (κ1) is 89.8. The van der Waals surface area contributed by atoms with Gasteiger partial charge in [-0.3, -0.25) is 0 Å². The monoisotopic (exact) mass is 1890 g/mol. The lowest BCUT2D eigenvalue weighted by Gasteiger charge is -2.30. The molecule has 702 valence electrons. The first-order valence-electron chi connectivity index (χ1n) is 51.7. The molecule has 25 aromatic carbocycles. The zero-order valence-electron chi connectivity index (χ0n) is 83.7. The van der Waals surface area contributed by atoms with Crippen LogP contribution in [0.15, 0.2) is 540 Å². The van der Waals surface area contributed by atoms with Crippen LogP contribution in [-0.2, 0) is 16.2 Å². The Morgan fingerprint density at radius 1 is 0.128 bits per heavy atom. The minimum Gasteiger partial charge on any atom is -0.310 e. The summed E-state index contributed by atoms with van der Waals surface area (Å²) in [6.07, 6.45) is 0. The van der Waals surface area contributed by atoms with Crippen molar-refractivity contribution in [1.82, 2.24) is 0 Å². The third-order valence-electron chi connectivity index (χ3n) is 31.7. The van der Waals surface area contributed by atoms with Gasteiger partial charge in [-0.15, -0.1) is 0 Å². The Balaban J connectivity index is 0.000000112. The molecule has 0 aromatic heterocycles. The topological polar surface area (TPSA) is 9.72 Å². The molecule has 3 aliphatic rings. The van der Waals surface area contributed by atoms with Gasteiger partial charge in [-0.25, -0.2) is 0 Å². The van der Waals surface area contributed by atoms with Crippen molar-refractivity contribution >= 4 is 127 Å². The molecule has 0 spiro atoms. The smallest absolute Gasteiger partial charge is 0.0543 e. The quantitative estimate of drug-likeness (QED) is 0.0947. The van der Waals surface area contributed by atoms with E-state index in [1.54, 1.807) is 0 Å². The van der Waals surface area contributed by atoms with Crippen LogP contribution in [0.4, 0.5) is 51.2 Å². The number of benzene rings is 25. The maximum atomic E-state index is 2.47. The Bertz CT molecular complexity index is 9430. The summed E-state index contributed by atoms with van der Waals surface area (Å²) in [6.45, 7) is 14.4. The first-order chi connectivity index (χ1) is 72.7. The van der Waals surface area contributed by atoms with Gasteiger partial charge in [0.05, 0.1) is 17.1 Å². The number of hydrogen-bond acceptors (Lipinski definition) is 3. The number of fused-ring (bicyclic) bond motifs is 20. The molecular weight excluding hydrogens is 1780 g/mol. The number of anilines is 9. The molecule has 0 saturated carbocycles. The summed E-state index contributed by atoms with van der Waals surface area (Å²) in [5.41, 5.74) is 41.0. The van der Waals surface area contributed by atoms with Gasteiger partial charge in [-0.2, -0.15) is 0 Å². The van der Waals surface area contributed by atoms with Crippen LogP contribution < -0.4 is 14.7 Å². The predicted octanol–water partition coefficient (Wildman–Crippen LogP) is 40.5. The molecule has 0 fully saturated rings. The number of nitrogens with zero attached hydrogens (tertiary/aromatic N) is 3. The van der Waals surface area contributed by atoms with Gasteiger partial charge >= 0.3 is 0 Å². The number of rotatable bonds is 15. The lowest BCUT2D eigenvalue weighted by atomic mass is 9.80. The van der Waals surface area contributed by atoms with Crippen molar-refractivity contribution < 1.29 is 0 Å². The summed E-state index contributed by atoms with van der Waals surface area (Å²) in [4.78, 5) is 7.29. The highest BCUT2D eigenvalue weighted by Crippen LogP contribution is 2.61. The molecule has 0 atom stereocenters. The van der Waals surface area contributed by atoms with Crippen LogP contribution in [0.2, 0.25) is 0 Å². The van der Waals surface area contributed by atoms with E-state index in [1.807, 2.05) is 0 Å². The van der Waals surface area contributed by atoms with Crippen LogP contribution in [0, 0.1) is 0 Å². The van der Waals surface area contributed by atoms with E-state index in [-0.39, 0.29) is 16.2 Å². The van der Waals surface area contributed by atoms with E-state index in [0.29, 0.717) is 0 Å². The molecule has 28 rings (SSSR count). The van der Waals surface area contributed by atoms with Crippen molar-refractivity contribution in [3.05, 3.63) is 573 Å². The molecular formula is C145H107N3. The Labute approximate surface area is 866 Å². The lowest BCUT2D eigenvalue weighted by molar-refractivity contribution is 0.661. The summed E-state index contributed by atoms with van der Waals surface area (Å²) in [5.74, 6) is 0. The molecule has 0 amide bonds. The molecule has 3 nitrogen and oxygen atoms in total. The minimum absolute atomic E-state index is 0.185. The van der Waals surface area contributed by atoms with E-state index in [4.69, 9.17) is 0 Å². The fourth-order valence-corrected chi connectivity index (χ4v) is 24.2. The summed E-state index contributed by atoms with van der Waals surface area (Å²) < 4.78 is 0. The van der Waals surface area contributed by atoms with E-state index in [9.17, 15) is 0 Å². The van der Waals surface area contributed by atoms with Gasteiger partial charge in [0.2, 0.25) is 0 Å². The maximum Gasteiger partial charge on any atom is 0.0543 e. The molecule has 0 unspecified atom stereocenters. The summed E-state index contributed by atoms with van der Waals surface area (Å²) in [7, 11) is 0. The summed E-state index contributed by atoms with van der Waals surface area (Å²) >= 11 is 0. The van der Waals surface area contributed by atoms with Crippen molar-refractivity contribution in [2.24, 2.45) is 0 Å². The first-order valence-corrected chi connectivity index (χ1v) is 51.7. The highest BCUT2D eigenvalue weighted by molar-refractivity contribution is 6.17. The second kappa shape index (κ2) is 36.8. The lowest BCUT2D eigenvalue weighted by Crippen LogP contribution is -2.17. The summed E-state index contributed by atoms with van der Waals surface area (Å²) in [5, 5.41) is 17.9. The van der Waals surface area contributed by atoms with Crippen LogP contribution >= 0.6 is 0 Å². The van der Waals surface area contributed by atoms with Crippen LogP contribution in [0.25, 0.3) is 176 Å². The number of hydrogen-bond donors (Lipinski definition) is 0. The fourth-order valence-electron chi connectivity index (χ4n) is 24.2. The Hall–Kier alpha value is -18.3. The Morgan fingerprint density at radius 2 is 0.392 bits per heavy atom. The van der Waals surface area contributed by atoms with Gasteiger partial charge in [0.15, 0.2) is 0 Å². The van der Waals surface area contributed by atoms with Gasteiger partial charge < -0.3 is 14.7 Å². The average molecular weight is 1890 g/mol. The Morgan fingerprint density at radius 3 is 0.791 bits per heavy atom. The predicted molar refractivity (Wildman–Crippen MR) is 631 cm³/mol. The van der Waals surface area contributed by atoms with Crippen LogP contribution in [0.1, 0.15) is 74.9 Å². The van der Waals surface area contributed by atoms with E-state index in [0.717, 1.165) is 34.1 Å². The van der Waals surface area contributed by atoms with E-state index in [1.165, 1.54) is 226 Å². The summed E-state index contributed by atoms with van der Waals surface area (Å²) in [6, 6.07) is 198. The van der Waals surface area contributed by atoms with Gasteiger partial charge in [0, 0.05) is 66.5 Å². The minimum atomic E-state index is -0.217. The van der Waals surface area contributed by atoms with Crippen molar-refractivity contribution in [2.45, 2.75) is 57.8 Å². The van der Waals surface area contributed by atoms with Gasteiger partial charge in [0.25, 0.3) is 0 Å². The van der Waals surface area contributed by atoms with E-state index < -0.39 is 0 Å². The highest BCUT2D eigenvalue weighted by Gasteiger charge is 2.43. The molecule has 3 heteroatoms. The molecule has 0 saturated heterocycles. The van der Waals surface area contributed by atoms with Crippen molar-refractivity contribution in [2.75, 3.05) is 14.7 Å². The van der Waals surface area contributed by atoms with Crippen molar-refractivity contribution in [3.8, 4) is 100 Å². The average Bonchev–Trinajstić information content (AvgIpc) is 1.55. The van der Waals surface area contributed by atoms with Crippen molar-refractivity contribution in [1.29, 1.82) is 0 Å². The molecule has 0 N–H and O–H groups in total. The van der Waals surface area contributed by atoms with Gasteiger partial charge in [0.1, 0.15) is 0 Å². The highest BCUT2D eigenvalue weighted by atomic mass is 15.2. The molecule has 25 aromatic rings. The third-order valence-corrected chi connectivity index (χ3v) is 31.7. The normalized spacial score (nSPS) is 13.0. The molecule has 0 aliphatic heterocycles. The fraction of sp³-hybridized carbons (Fsp3) is 0.0621. The van der Waals surface area contributed by atoms with Crippen LogP contribution in [0.3, 0.4) is 0 Å². The van der Waals surface area contributed by atoms with E-state index >= 15 is 0 Å². The zero-order chi connectivity index (χ0) is 99.3. The van der Waals surface area contributed by atoms with Crippen LogP contribution in [-0.4, -0.2) is 0 Å². The maximum absolute atomic E-state index is 2.47. The van der Waals surface area contributed by atoms with E-state index in [2.05, 4.69) is 596 Å². The third kappa shape index (κ3) is 15.6. The van der Waals surface area contributed by atoms with Crippen molar-refractivity contribution in [3.63, 3.8) is 0 Å². The second-order valence-electron chi connectivity index (χ2n) is 41.3. The molecule has 0 radical (unpaired) electrons. The molecule has 0 bridgehead atoms. The van der Waals surface area contributed by atoms with Gasteiger partial charge in [-0.1, -0.05) is 460 Å². The van der Waals surface area contributed by atoms with Gasteiger partial charge in [-0.05, 0) is 314 Å². The largest absolute Gasteiger partial charge is 0.310 e. The standard InChI is InChI=1S/C51H37N.2C47H35N/c1-51(2)47-32-37(46-31-36-17-9-10-20-40(36)41-21-11-12-22-42(41)46)27-30-45(47)50-44-24-14-13-23-43(44)49(33-48(50)51)52(38-18-7-4-8-19-38)39-28-25-35(26-29-39)34-15-5-3-6-16-34;1-47(2)43-30-35(39-23-13-17-34-16-9-10-20-38(34)39)26-29-42(43)46-41-22-12-11-21-40(41)45(31-44(46)47)48(36-18-7-4-8-19-36)37-27-24-33(25-28-37)32-14-5-3-6-15-32;1-47(2)43-30-37(36-22-21-33-15-9-10-16-35(33)29-36)25-28-42(43)46-41-20-12-11-19-40(41)45(31-44(46)47)48(38-17-7-4-8-18-38)39-26-23-34(24-27-39)32-13-5-3-6-14-32/h3-33H,1-2H3;2*3-31H,1-2H3. The zero-order valence-corrected chi connectivity index (χ0v) is 83.7. The second-order valence-corrected chi connectivity index (χ2v) is 41.3. The Kier molecular flexibility index (Phi) is 22.4. The number of para-hydroxylation sites is 3. The molecule has 3 aliphatic carbocycles. The SMILES string of the molecule is CC1(C)c2cc(-c3cc4ccccc4c4ccccc34)ccc2-c2c1cc(N(c1ccccc1)c1ccc(-c3ccccc3)cc1)c1ccccc21.CC1(C)c2cc(-c3ccc4ccccc4c3)ccc2-c2c1cc(N(c1ccccc1)c1ccc(-c3ccccc3)cc1)c1ccccc21.CC1(C)c2cc(-c3cccc4ccccc34)ccc2-c2c1cc(N(c1ccccc1)c1ccc(-c3ccccc3)cc1)c1ccccc21. The molecule has 0 heterocycles.